The highest BCUT2D eigenvalue weighted by Gasteiger charge is 2.46. The van der Waals surface area contributed by atoms with Gasteiger partial charge in [0.15, 0.2) is 15.5 Å². The van der Waals surface area contributed by atoms with Crippen molar-refractivity contribution in [1.29, 1.82) is 0 Å². The average Bonchev–Trinajstić information content (AvgIpc) is 3.76. The molecule has 2 aliphatic heterocycles. The molecular weight excluding hydrogens is 554 g/mol. The molecule has 0 aliphatic carbocycles. The quantitative estimate of drug-likeness (QED) is 0.304. The summed E-state index contributed by atoms with van der Waals surface area (Å²) < 4.78 is 28.3. The lowest BCUT2D eigenvalue weighted by atomic mass is 9.87. The Kier molecular flexibility index (Phi) is 6.26. The van der Waals surface area contributed by atoms with Gasteiger partial charge in [0.25, 0.3) is 5.91 Å². The number of anilines is 1. The zero-order valence-corrected chi connectivity index (χ0v) is 23.7. The Hall–Kier alpha value is -4.65. The number of nitrogens with one attached hydrogen (secondary N) is 1. The first-order valence-electron chi connectivity index (χ1n) is 14.0. The minimum absolute atomic E-state index is 0.0316. The molecule has 2 unspecified atom stereocenters. The molecule has 1 amide bonds. The van der Waals surface area contributed by atoms with Gasteiger partial charge in [0, 0.05) is 40.9 Å². The molecule has 6 heterocycles. The van der Waals surface area contributed by atoms with Crippen molar-refractivity contribution in [1.82, 2.24) is 39.7 Å². The van der Waals surface area contributed by atoms with E-state index >= 15 is 0 Å². The number of benzene rings is 1. The number of nitrogens with zero attached hydrogens (tertiary/aromatic N) is 7. The third-order valence-electron chi connectivity index (χ3n) is 8.47. The predicted molar refractivity (Wildman–Crippen MR) is 155 cm³/mol. The van der Waals surface area contributed by atoms with E-state index in [4.69, 9.17) is 10.7 Å². The fourth-order valence-electron chi connectivity index (χ4n) is 6.46. The maximum absolute atomic E-state index is 13.4. The molecule has 1 aromatic carbocycles. The second-order valence-electron chi connectivity index (χ2n) is 10.8. The van der Waals surface area contributed by atoms with Crippen LogP contribution in [0.25, 0.3) is 28.0 Å². The van der Waals surface area contributed by atoms with Crippen LogP contribution in [0, 0.1) is 0 Å². The number of carbonyl (C=O) groups is 1. The number of carbonyl (C=O) groups excluding carboxylic acids is 1. The van der Waals surface area contributed by atoms with Crippen LogP contribution in [-0.4, -0.2) is 71.8 Å². The van der Waals surface area contributed by atoms with Crippen molar-refractivity contribution >= 4 is 27.2 Å². The maximum atomic E-state index is 13.4. The van der Waals surface area contributed by atoms with Crippen LogP contribution in [0.4, 0.5) is 5.82 Å². The summed E-state index contributed by atoms with van der Waals surface area (Å²) in [4.78, 5) is 28.8. The number of rotatable bonds is 6. The molecule has 42 heavy (non-hydrogen) atoms. The Morgan fingerprint density at radius 3 is 2.43 bits per heavy atom. The maximum Gasteiger partial charge on any atom is 0.291 e. The molecule has 214 valence electrons. The molecule has 5 aromatic rings. The lowest BCUT2D eigenvalue weighted by Crippen LogP contribution is -2.46. The molecule has 0 saturated carbocycles. The average molecular weight is 584 g/mol. The highest BCUT2D eigenvalue weighted by atomic mass is 32.2. The Labute approximate surface area is 241 Å². The van der Waals surface area contributed by atoms with Crippen LogP contribution >= 0.6 is 0 Å². The Bertz CT molecular complexity index is 1870. The number of nitrogens with two attached hydrogens (primary N) is 1. The molecule has 0 spiro atoms. The summed E-state index contributed by atoms with van der Waals surface area (Å²) >= 11 is 0. The largest absolute Gasteiger partial charge is 0.382 e. The molecule has 2 bridgehead atoms. The lowest BCUT2D eigenvalue weighted by molar-refractivity contribution is 0.0556. The van der Waals surface area contributed by atoms with Crippen LogP contribution in [0.1, 0.15) is 54.8 Å². The van der Waals surface area contributed by atoms with Crippen molar-refractivity contribution in [2.75, 3.05) is 11.5 Å². The van der Waals surface area contributed by atoms with Gasteiger partial charge in [-0.1, -0.05) is 43.3 Å². The van der Waals surface area contributed by atoms with E-state index in [9.17, 15) is 13.2 Å². The predicted octanol–water partition coefficient (Wildman–Crippen LogP) is 3.50. The number of aromatic amines is 1. The molecule has 7 rings (SSSR count). The van der Waals surface area contributed by atoms with Crippen molar-refractivity contribution in [3.8, 4) is 22.4 Å². The van der Waals surface area contributed by atoms with Gasteiger partial charge in [-0.2, -0.15) is 14.7 Å². The monoisotopic (exact) mass is 583 g/mol. The minimum atomic E-state index is -3.74. The van der Waals surface area contributed by atoms with Crippen molar-refractivity contribution in [2.24, 2.45) is 0 Å². The zero-order chi connectivity index (χ0) is 29.0. The Balaban J connectivity index is 1.30. The summed E-state index contributed by atoms with van der Waals surface area (Å²) in [5.74, 6) is -0.256. The van der Waals surface area contributed by atoms with Crippen LogP contribution in [0.5, 0.6) is 0 Å². The highest BCUT2D eigenvalue weighted by Crippen LogP contribution is 2.46. The van der Waals surface area contributed by atoms with Crippen molar-refractivity contribution in [2.45, 2.75) is 55.5 Å². The first-order chi connectivity index (χ1) is 20.4. The number of aromatic nitrogens is 7. The summed E-state index contributed by atoms with van der Waals surface area (Å²) in [5, 5.41) is 10.9. The number of fused-ring (bicyclic) bond motifs is 3. The van der Waals surface area contributed by atoms with E-state index in [1.807, 2.05) is 47.4 Å². The standard InChI is InChI=1S/C29H29N9O3S/c1-2-42(40,41)25-24(19-12-20-9-10-21(13-19)37(20)29(39)27-32-16-33-36-27)35-28-22(15-34-38(28)26(25)30)18-8-11-23(31-14-18)17-6-4-3-5-7-17/h3-8,11,14-16,19-21H,2,9-10,12-13,30H2,1H3,(H,32,33,36). The summed E-state index contributed by atoms with van der Waals surface area (Å²) in [6, 6.07) is 13.6. The molecule has 2 fully saturated rings. The molecule has 2 saturated heterocycles. The molecule has 3 N–H and O–H groups in total. The van der Waals surface area contributed by atoms with Crippen LogP contribution in [0.15, 0.2) is 66.1 Å². The smallest absolute Gasteiger partial charge is 0.291 e. The number of piperidine rings is 1. The molecule has 4 aromatic heterocycles. The van der Waals surface area contributed by atoms with Gasteiger partial charge in [0.1, 0.15) is 17.0 Å². The minimum Gasteiger partial charge on any atom is -0.382 e. The van der Waals surface area contributed by atoms with Crippen LogP contribution < -0.4 is 5.73 Å². The summed E-state index contributed by atoms with van der Waals surface area (Å²) in [5.41, 5.74) is 10.8. The van der Waals surface area contributed by atoms with E-state index in [2.05, 4.69) is 25.3 Å². The lowest BCUT2D eigenvalue weighted by Gasteiger charge is -2.38. The van der Waals surface area contributed by atoms with E-state index in [-0.39, 0.29) is 46.2 Å². The van der Waals surface area contributed by atoms with Gasteiger partial charge in [0.05, 0.1) is 23.3 Å². The highest BCUT2D eigenvalue weighted by molar-refractivity contribution is 7.91. The number of sulfone groups is 1. The molecule has 2 atom stereocenters. The Morgan fingerprint density at radius 1 is 1.02 bits per heavy atom. The summed E-state index contributed by atoms with van der Waals surface area (Å²) in [7, 11) is -3.74. The van der Waals surface area contributed by atoms with E-state index in [0.29, 0.717) is 29.7 Å². The first kappa shape index (κ1) is 26.3. The first-order valence-corrected chi connectivity index (χ1v) is 15.6. The second kappa shape index (κ2) is 10.0. The topological polar surface area (TPSA) is 165 Å². The number of nitrogen functional groups attached to an aromatic ring is 1. The number of pyridine rings is 1. The molecule has 2 aliphatic rings. The van der Waals surface area contributed by atoms with Crippen molar-refractivity contribution in [3.05, 3.63) is 72.7 Å². The van der Waals surface area contributed by atoms with Crippen LogP contribution in [0.3, 0.4) is 0 Å². The van der Waals surface area contributed by atoms with Crippen LogP contribution in [-0.2, 0) is 9.84 Å². The number of hydrogen-bond donors (Lipinski definition) is 2. The van der Waals surface area contributed by atoms with Crippen molar-refractivity contribution in [3.63, 3.8) is 0 Å². The Morgan fingerprint density at radius 2 is 1.79 bits per heavy atom. The van der Waals surface area contributed by atoms with E-state index in [1.165, 1.54) is 10.8 Å². The summed E-state index contributed by atoms with van der Waals surface area (Å²) in [6.07, 6.45) is 7.52. The normalized spacial score (nSPS) is 20.3. The van der Waals surface area contributed by atoms with Gasteiger partial charge in [0.2, 0.25) is 5.82 Å². The van der Waals surface area contributed by atoms with Gasteiger partial charge in [-0.15, -0.1) is 0 Å². The van der Waals surface area contributed by atoms with Crippen LogP contribution in [0.2, 0.25) is 0 Å². The number of hydrogen-bond acceptors (Lipinski definition) is 9. The van der Waals surface area contributed by atoms with Gasteiger partial charge >= 0.3 is 0 Å². The SMILES string of the molecule is CCS(=O)(=O)c1c(C2CC3CCC(C2)N3C(=O)c2ncn[nH]2)nc2c(-c3ccc(-c4ccccc4)nc3)cnn2c1N. The molecular formula is C29H29N9O3S. The van der Waals surface area contributed by atoms with Gasteiger partial charge in [-0.25, -0.2) is 18.4 Å². The number of amides is 1. The third-order valence-corrected chi connectivity index (χ3v) is 10.3. The molecule has 12 nitrogen and oxygen atoms in total. The second-order valence-corrected chi connectivity index (χ2v) is 13.0. The van der Waals surface area contributed by atoms with E-state index < -0.39 is 9.84 Å². The fraction of sp³-hybridized carbons (Fsp3) is 0.310. The van der Waals surface area contributed by atoms with Crippen molar-refractivity contribution < 1.29 is 13.2 Å². The van der Waals surface area contributed by atoms with E-state index in [1.54, 1.807) is 19.3 Å². The van der Waals surface area contributed by atoms with Gasteiger partial charge < -0.3 is 10.6 Å². The summed E-state index contributed by atoms with van der Waals surface area (Å²) in [6.45, 7) is 1.60. The van der Waals surface area contributed by atoms with E-state index in [0.717, 1.165) is 29.7 Å². The third kappa shape index (κ3) is 4.23. The fourth-order valence-corrected chi connectivity index (χ4v) is 7.68. The number of H-pyrrole nitrogens is 1. The zero-order valence-electron chi connectivity index (χ0n) is 22.9. The van der Waals surface area contributed by atoms with Gasteiger partial charge in [-0.3, -0.25) is 14.9 Å². The van der Waals surface area contributed by atoms with Gasteiger partial charge in [-0.05, 0) is 31.7 Å². The molecule has 13 heteroatoms. The molecule has 0 radical (unpaired) electrons.